The van der Waals surface area contributed by atoms with E-state index in [1.807, 2.05) is 18.0 Å². The van der Waals surface area contributed by atoms with Gasteiger partial charge in [0.15, 0.2) is 0 Å². The summed E-state index contributed by atoms with van der Waals surface area (Å²) < 4.78 is 0. The number of pyridine rings is 1. The van der Waals surface area contributed by atoms with E-state index in [4.69, 9.17) is 0 Å². The third kappa shape index (κ3) is 4.41. The molecule has 0 saturated heterocycles. The average molecular weight is 239 g/mol. The number of thioether (sulfide) groups is 1. The van der Waals surface area contributed by atoms with Crippen LogP contribution < -0.4 is 10.2 Å². The first kappa shape index (κ1) is 13.3. The minimum absolute atomic E-state index is 0.901. The number of rotatable bonds is 7. The number of hydrogen-bond acceptors (Lipinski definition) is 4. The lowest BCUT2D eigenvalue weighted by Crippen LogP contribution is -2.21. The lowest BCUT2D eigenvalue weighted by atomic mass is 10.3. The summed E-state index contributed by atoms with van der Waals surface area (Å²) in [5, 5.41) is 3.29. The second kappa shape index (κ2) is 7.52. The Balaban J connectivity index is 2.49. The van der Waals surface area contributed by atoms with E-state index >= 15 is 0 Å². The normalized spacial score (nSPS) is 10.4. The van der Waals surface area contributed by atoms with Crippen LogP contribution in [0.25, 0.3) is 0 Å². The van der Waals surface area contributed by atoms with E-state index in [9.17, 15) is 0 Å². The van der Waals surface area contributed by atoms with Gasteiger partial charge in [0.05, 0.1) is 0 Å². The Morgan fingerprint density at radius 2 is 2.25 bits per heavy atom. The number of aromatic nitrogens is 1. The van der Waals surface area contributed by atoms with E-state index in [1.165, 1.54) is 5.56 Å². The van der Waals surface area contributed by atoms with Gasteiger partial charge in [-0.05, 0) is 24.4 Å². The van der Waals surface area contributed by atoms with Crippen LogP contribution >= 0.6 is 11.8 Å². The first-order valence-corrected chi connectivity index (χ1v) is 7.03. The van der Waals surface area contributed by atoms with E-state index in [-0.39, 0.29) is 0 Å². The molecule has 1 rings (SSSR count). The molecule has 0 saturated carbocycles. The standard InChI is InChI=1S/C12H21N3S/c1-4-13-9-11-5-6-12(14-10-11)15(2)7-8-16-3/h5-6,10,13H,4,7-9H2,1-3H3. The highest BCUT2D eigenvalue weighted by molar-refractivity contribution is 7.98. The van der Waals surface area contributed by atoms with Gasteiger partial charge < -0.3 is 10.2 Å². The fraction of sp³-hybridized carbons (Fsp3) is 0.583. The molecule has 0 aromatic carbocycles. The Morgan fingerprint density at radius 1 is 1.44 bits per heavy atom. The molecular weight excluding hydrogens is 218 g/mol. The molecule has 0 aliphatic rings. The van der Waals surface area contributed by atoms with E-state index in [1.54, 1.807) is 0 Å². The SMILES string of the molecule is CCNCc1ccc(N(C)CCSC)nc1. The van der Waals surface area contributed by atoms with E-state index in [0.29, 0.717) is 0 Å². The lowest BCUT2D eigenvalue weighted by molar-refractivity contribution is 0.724. The van der Waals surface area contributed by atoms with Crippen molar-refractivity contribution in [3.05, 3.63) is 23.9 Å². The molecule has 1 heterocycles. The molecule has 0 bridgehead atoms. The summed E-state index contributed by atoms with van der Waals surface area (Å²) in [5.41, 5.74) is 1.24. The number of nitrogens with zero attached hydrogens (tertiary/aromatic N) is 2. The Kier molecular flexibility index (Phi) is 6.26. The van der Waals surface area contributed by atoms with Gasteiger partial charge in [0, 0.05) is 32.1 Å². The third-order valence-corrected chi connectivity index (χ3v) is 3.00. The average Bonchev–Trinajstić information content (AvgIpc) is 2.34. The quantitative estimate of drug-likeness (QED) is 0.787. The monoisotopic (exact) mass is 239 g/mol. The minimum Gasteiger partial charge on any atom is -0.359 e. The van der Waals surface area contributed by atoms with Crippen molar-refractivity contribution in [2.24, 2.45) is 0 Å². The molecule has 3 nitrogen and oxygen atoms in total. The zero-order valence-corrected chi connectivity index (χ0v) is 11.2. The van der Waals surface area contributed by atoms with Gasteiger partial charge in [-0.25, -0.2) is 4.98 Å². The molecule has 16 heavy (non-hydrogen) atoms. The molecule has 0 amide bonds. The van der Waals surface area contributed by atoms with Gasteiger partial charge in [0.25, 0.3) is 0 Å². The van der Waals surface area contributed by atoms with Crippen LogP contribution in [0.1, 0.15) is 12.5 Å². The van der Waals surface area contributed by atoms with Crippen LogP contribution in [0, 0.1) is 0 Å². The van der Waals surface area contributed by atoms with Crippen molar-refractivity contribution < 1.29 is 0 Å². The molecule has 0 spiro atoms. The van der Waals surface area contributed by atoms with Gasteiger partial charge in [-0.3, -0.25) is 0 Å². The number of hydrogen-bond donors (Lipinski definition) is 1. The van der Waals surface area contributed by atoms with Crippen molar-refractivity contribution in [3.63, 3.8) is 0 Å². The Hall–Kier alpha value is -0.740. The molecule has 1 N–H and O–H groups in total. The van der Waals surface area contributed by atoms with Gasteiger partial charge in [-0.2, -0.15) is 11.8 Å². The van der Waals surface area contributed by atoms with Gasteiger partial charge in [-0.1, -0.05) is 13.0 Å². The molecular formula is C12H21N3S. The molecule has 1 aromatic heterocycles. The van der Waals surface area contributed by atoms with Gasteiger partial charge in [0.2, 0.25) is 0 Å². The Labute approximate surface area is 103 Å². The summed E-state index contributed by atoms with van der Waals surface area (Å²) in [6.45, 7) is 5.05. The first-order chi connectivity index (χ1) is 7.77. The van der Waals surface area contributed by atoms with E-state index in [2.05, 4.69) is 47.6 Å². The molecule has 0 aliphatic carbocycles. The van der Waals surface area contributed by atoms with Crippen molar-refractivity contribution >= 4 is 17.6 Å². The largest absolute Gasteiger partial charge is 0.359 e. The third-order valence-electron chi connectivity index (χ3n) is 2.41. The second-order valence-corrected chi connectivity index (χ2v) is 4.70. The van der Waals surface area contributed by atoms with Crippen LogP contribution in [0.3, 0.4) is 0 Å². The molecule has 90 valence electrons. The second-order valence-electron chi connectivity index (χ2n) is 3.72. The van der Waals surface area contributed by atoms with Crippen LogP contribution in [0.4, 0.5) is 5.82 Å². The highest BCUT2D eigenvalue weighted by Crippen LogP contribution is 2.10. The minimum atomic E-state index is 0.901. The van der Waals surface area contributed by atoms with Crippen LogP contribution in [0.2, 0.25) is 0 Å². The topological polar surface area (TPSA) is 28.2 Å². The zero-order valence-electron chi connectivity index (χ0n) is 10.4. The zero-order chi connectivity index (χ0) is 11.8. The van der Waals surface area contributed by atoms with Crippen LogP contribution in [-0.2, 0) is 6.54 Å². The molecule has 0 aliphatic heterocycles. The van der Waals surface area contributed by atoms with Crippen molar-refractivity contribution in [1.29, 1.82) is 0 Å². The molecule has 0 atom stereocenters. The fourth-order valence-corrected chi connectivity index (χ4v) is 1.82. The summed E-state index contributed by atoms with van der Waals surface area (Å²) in [4.78, 5) is 6.65. The Bertz CT molecular complexity index is 287. The fourth-order valence-electron chi connectivity index (χ4n) is 1.36. The smallest absolute Gasteiger partial charge is 0.128 e. The van der Waals surface area contributed by atoms with E-state index < -0.39 is 0 Å². The summed E-state index contributed by atoms with van der Waals surface area (Å²) >= 11 is 1.86. The molecule has 4 heteroatoms. The van der Waals surface area contributed by atoms with Crippen molar-refractivity contribution in [2.45, 2.75) is 13.5 Å². The molecule has 0 fully saturated rings. The summed E-state index contributed by atoms with van der Waals surface area (Å²) in [6.07, 6.45) is 4.08. The predicted molar refractivity (Wildman–Crippen MR) is 73.3 cm³/mol. The van der Waals surface area contributed by atoms with Gasteiger partial charge in [-0.15, -0.1) is 0 Å². The van der Waals surface area contributed by atoms with Crippen molar-refractivity contribution in [2.75, 3.05) is 37.0 Å². The van der Waals surface area contributed by atoms with Gasteiger partial charge >= 0.3 is 0 Å². The van der Waals surface area contributed by atoms with Crippen molar-refractivity contribution in [1.82, 2.24) is 10.3 Å². The maximum absolute atomic E-state index is 4.46. The van der Waals surface area contributed by atoms with Crippen LogP contribution in [-0.4, -0.2) is 37.1 Å². The maximum atomic E-state index is 4.46. The molecule has 0 unspecified atom stereocenters. The van der Waals surface area contributed by atoms with Crippen molar-refractivity contribution in [3.8, 4) is 0 Å². The van der Waals surface area contributed by atoms with Gasteiger partial charge in [0.1, 0.15) is 5.82 Å². The highest BCUT2D eigenvalue weighted by atomic mass is 32.2. The summed E-state index contributed by atoms with van der Waals surface area (Å²) in [5.74, 6) is 2.19. The van der Waals surface area contributed by atoms with Crippen LogP contribution in [0.5, 0.6) is 0 Å². The number of nitrogens with one attached hydrogen (secondary N) is 1. The lowest BCUT2D eigenvalue weighted by Gasteiger charge is -2.17. The molecule has 1 aromatic rings. The van der Waals surface area contributed by atoms with Crippen LogP contribution in [0.15, 0.2) is 18.3 Å². The summed E-state index contributed by atoms with van der Waals surface area (Å²) in [6, 6.07) is 4.23. The highest BCUT2D eigenvalue weighted by Gasteiger charge is 2.01. The Morgan fingerprint density at radius 3 is 2.81 bits per heavy atom. The van der Waals surface area contributed by atoms with E-state index in [0.717, 1.165) is 31.2 Å². The first-order valence-electron chi connectivity index (χ1n) is 5.63. The summed E-state index contributed by atoms with van der Waals surface area (Å²) in [7, 11) is 2.09. The number of anilines is 1. The maximum Gasteiger partial charge on any atom is 0.128 e. The predicted octanol–water partition coefficient (Wildman–Crippen LogP) is 1.99. The molecule has 0 radical (unpaired) electrons.